The normalized spacial score (nSPS) is 21.9. The predicted molar refractivity (Wildman–Crippen MR) is 139 cm³/mol. The Balaban J connectivity index is 1.36. The molecule has 34 heavy (non-hydrogen) atoms. The molecule has 2 aromatic carbocycles. The van der Waals surface area contributed by atoms with Gasteiger partial charge in [-0.3, -0.25) is 4.79 Å². The van der Waals surface area contributed by atoms with E-state index in [2.05, 4.69) is 84.5 Å². The Labute approximate surface area is 203 Å². The molecule has 5 rings (SSSR count). The van der Waals surface area contributed by atoms with E-state index < -0.39 is 0 Å². The van der Waals surface area contributed by atoms with Crippen molar-refractivity contribution in [2.24, 2.45) is 17.8 Å². The van der Waals surface area contributed by atoms with Crippen molar-refractivity contribution in [3.05, 3.63) is 59.2 Å². The van der Waals surface area contributed by atoms with Gasteiger partial charge in [0.05, 0.1) is 17.6 Å². The second kappa shape index (κ2) is 9.44. The number of hydrogen-bond donors (Lipinski definition) is 0. The molecule has 180 valence electrons. The number of aromatic nitrogens is 2. The second-order valence-electron chi connectivity index (χ2n) is 10.9. The van der Waals surface area contributed by atoms with Crippen LogP contribution in [0.2, 0.25) is 0 Å². The summed E-state index contributed by atoms with van der Waals surface area (Å²) in [6, 6.07) is 15.1. The van der Waals surface area contributed by atoms with Gasteiger partial charge in [0.15, 0.2) is 0 Å². The van der Waals surface area contributed by atoms with Gasteiger partial charge in [0.1, 0.15) is 0 Å². The minimum absolute atomic E-state index is 0.144. The summed E-state index contributed by atoms with van der Waals surface area (Å²) in [5.74, 6) is 2.77. The fourth-order valence-corrected chi connectivity index (χ4v) is 6.03. The molecule has 0 spiro atoms. The standard InChI is InChI=1S/C29H38N4O/c1-20-9-10-23(4)25(16-20)19-33-27-8-6-5-7-26(27)30-29(33)31-13-11-24(12-14-31)28(34)32-17-21(2)15-22(3)18-32/h5-10,16,21-22,24H,11-15,17-19H2,1-4H3. The van der Waals surface area contributed by atoms with Gasteiger partial charge < -0.3 is 14.4 Å². The highest BCUT2D eigenvalue weighted by Gasteiger charge is 2.33. The Kier molecular flexibility index (Phi) is 6.37. The van der Waals surface area contributed by atoms with E-state index in [0.717, 1.165) is 57.0 Å². The van der Waals surface area contributed by atoms with Crippen LogP contribution >= 0.6 is 0 Å². The molecular formula is C29H38N4O. The summed E-state index contributed by atoms with van der Waals surface area (Å²) in [7, 11) is 0. The van der Waals surface area contributed by atoms with Gasteiger partial charge in [0.2, 0.25) is 11.9 Å². The maximum Gasteiger partial charge on any atom is 0.225 e. The highest BCUT2D eigenvalue weighted by molar-refractivity contribution is 5.80. The smallest absolute Gasteiger partial charge is 0.225 e. The van der Waals surface area contributed by atoms with Crippen molar-refractivity contribution in [2.45, 2.75) is 53.5 Å². The van der Waals surface area contributed by atoms with Crippen LogP contribution in [0.3, 0.4) is 0 Å². The van der Waals surface area contributed by atoms with E-state index in [4.69, 9.17) is 4.98 Å². The monoisotopic (exact) mass is 458 g/mol. The van der Waals surface area contributed by atoms with E-state index in [1.54, 1.807) is 0 Å². The van der Waals surface area contributed by atoms with Crippen molar-refractivity contribution in [2.75, 3.05) is 31.1 Å². The van der Waals surface area contributed by atoms with Crippen LogP contribution in [0.15, 0.2) is 42.5 Å². The zero-order valence-corrected chi connectivity index (χ0v) is 21.1. The minimum atomic E-state index is 0.144. The summed E-state index contributed by atoms with van der Waals surface area (Å²) in [5.41, 5.74) is 6.14. The van der Waals surface area contributed by atoms with Crippen LogP contribution in [0.5, 0.6) is 0 Å². The topological polar surface area (TPSA) is 41.4 Å². The van der Waals surface area contributed by atoms with E-state index in [-0.39, 0.29) is 5.92 Å². The number of rotatable bonds is 4. The van der Waals surface area contributed by atoms with Crippen LogP contribution in [0.1, 0.15) is 49.8 Å². The van der Waals surface area contributed by atoms with Gasteiger partial charge in [-0.1, -0.05) is 49.7 Å². The van der Waals surface area contributed by atoms with Gasteiger partial charge >= 0.3 is 0 Å². The first-order valence-electron chi connectivity index (χ1n) is 12.9. The fourth-order valence-electron chi connectivity index (χ4n) is 6.03. The van der Waals surface area contributed by atoms with E-state index in [1.165, 1.54) is 28.6 Å². The van der Waals surface area contributed by atoms with Crippen LogP contribution in [0.25, 0.3) is 11.0 Å². The Morgan fingerprint density at radius 3 is 2.44 bits per heavy atom. The third-order valence-corrected chi connectivity index (χ3v) is 7.78. The molecule has 2 fully saturated rings. The van der Waals surface area contributed by atoms with Gasteiger partial charge in [-0.05, 0) is 68.2 Å². The molecule has 5 nitrogen and oxygen atoms in total. The number of nitrogens with zero attached hydrogens (tertiary/aromatic N) is 4. The molecule has 0 radical (unpaired) electrons. The first-order chi connectivity index (χ1) is 16.4. The quantitative estimate of drug-likeness (QED) is 0.524. The summed E-state index contributed by atoms with van der Waals surface area (Å²) in [6.45, 7) is 13.3. The van der Waals surface area contributed by atoms with Crippen LogP contribution in [-0.4, -0.2) is 46.5 Å². The molecule has 2 saturated heterocycles. The fraction of sp³-hybridized carbons (Fsp3) is 0.517. The molecular weight excluding hydrogens is 420 g/mol. The van der Waals surface area contributed by atoms with Crippen molar-refractivity contribution in [1.29, 1.82) is 0 Å². The van der Waals surface area contributed by atoms with Crippen LogP contribution in [0.4, 0.5) is 5.95 Å². The van der Waals surface area contributed by atoms with Crippen molar-refractivity contribution < 1.29 is 4.79 Å². The number of amides is 1. The molecule has 0 saturated carbocycles. The summed E-state index contributed by atoms with van der Waals surface area (Å²) in [6.07, 6.45) is 3.05. The van der Waals surface area contributed by atoms with Crippen LogP contribution in [-0.2, 0) is 11.3 Å². The number of anilines is 1. The molecule has 1 amide bonds. The Morgan fingerprint density at radius 1 is 1.00 bits per heavy atom. The van der Waals surface area contributed by atoms with Gasteiger partial charge in [-0.2, -0.15) is 0 Å². The lowest BCUT2D eigenvalue weighted by atomic mass is 9.89. The number of carbonyl (C=O) groups excluding carboxylic acids is 1. The zero-order valence-electron chi connectivity index (χ0n) is 21.1. The average molecular weight is 459 g/mol. The first-order valence-corrected chi connectivity index (χ1v) is 12.9. The maximum absolute atomic E-state index is 13.3. The number of fused-ring (bicyclic) bond motifs is 1. The van der Waals surface area contributed by atoms with E-state index >= 15 is 0 Å². The molecule has 1 aromatic heterocycles. The summed E-state index contributed by atoms with van der Waals surface area (Å²) >= 11 is 0. The molecule has 5 heteroatoms. The zero-order chi connectivity index (χ0) is 23.8. The highest BCUT2D eigenvalue weighted by atomic mass is 16.2. The van der Waals surface area contributed by atoms with Crippen molar-refractivity contribution in [3.63, 3.8) is 0 Å². The minimum Gasteiger partial charge on any atom is -0.342 e. The summed E-state index contributed by atoms with van der Waals surface area (Å²) in [4.78, 5) is 22.9. The van der Waals surface area contributed by atoms with E-state index in [9.17, 15) is 4.79 Å². The largest absolute Gasteiger partial charge is 0.342 e. The van der Waals surface area contributed by atoms with Crippen molar-refractivity contribution in [1.82, 2.24) is 14.5 Å². The lowest BCUT2D eigenvalue weighted by Crippen LogP contribution is -2.48. The lowest BCUT2D eigenvalue weighted by Gasteiger charge is -2.39. The molecule has 2 aliphatic heterocycles. The molecule has 3 aromatic rings. The van der Waals surface area contributed by atoms with Crippen molar-refractivity contribution in [3.8, 4) is 0 Å². The molecule has 2 unspecified atom stereocenters. The molecule has 2 aliphatic rings. The third-order valence-electron chi connectivity index (χ3n) is 7.78. The van der Waals surface area contributed by atoms with Gasteiger partial charge in [-0.25, -0.2) is 4.98 Å². The van der Waals surface area contributed by atoms with Crippen LogP contribution in [0, 0.1) is 31.6 Å². The Morgan fingerprint density at radius 2 is 1.71 bits per heavy atom. The number of likely N-dealkylation sites (tertiary alicyclic amines) is 1. The number of hydrogen-bond acceptors (Lipinski definition) is 3. The van der Waals surface area contributed by atoms with Gasteiger partial charge in [0.25, 0.3) is 0 Å². The molecule has 0 bridgehead atoms. The second-order valence-corrected chi connectivity index (χ2v) is 10.9. The predicted octanol–water partition coefficient (Wildman–Crippen LogP) is 5.42. The van der Waals surface area contributed by atoms with Gasteiger partial charge in [-0.15, -0.1) is 0 Å². The Hall–Kier alpha value is -2.82. The number of benzene rings is 2. The summed E-state index contributed by atoms with van der Waals surface area (Å²) < 4.78 is 2.37. The summed E-state index contributed by atoms with van der Waals surface area (Å²) in [5, 5.41) is 0. The number of imidazole rings is 1. The molecule has 3 heterocycles. The highest BCUT2D eigenvalue weighted by Crippen LogP contribution is 2.30. The number of para-hydroxylation sites is 2. The Bertz CT molecular complexity index is 1160. The number of piperidine rings is 2. The van der Waals surface area contributed by atoms with E-state index in [1.807, 2.05) is 0 Å². The van der Waals surface area contributed by atoms with Crippen molar-refractivity contribution >= 4 is 22.9 Å². The average Bonchev–Trinajstić information content (AvgIpc) is 3.19. The molecule has 0 aliphatic carbocycles. The first kappa shape index (κ1) is 22.9. The van der Waals surface area contributed by atoms with Gasteiger partial charge in [0, 0.05) is 32.1 Å². The molecule has 0 N–H and O–H groups in total. The van der Waals surface area contributed by atoms with E-state index in [0.29, 0.717) is 17.7 Å². The SMILES string of the molecule is Cc1ccc(C)c(Cn2c(N3CCC(C(=O)N4CC(C)CC(C)C4)CC3)nc3ccccc32)c1. The lowest BCUT2D eigenvalue weighted by molar-refractivity contribution is -0.138. The number of aryl methyl sites for hydroxylation is 2. The molecule has 2 atom stereocenters. The van der Waals surface area contributed by atoms with Crippen LogP contribution < -0.4 is 4.90 Å². The third kappa shape index (κ3) is 4.57. The number of carbonyl (C=O) groups is 1. The maximum atomic E-state index is 13.3.